The van der Waals surface area contributed by atoms with Gasteiger partial charge in [-0.1, -0.05) is 0 Å². The lowest BCUT2D eigenvalue weighted by Gasteiger charge is -2.16. The highest BCUT2D eigenvalue weighted by molar-refractivity contribution is 5.94. The zero-order valence-electron chi connectivity index (χ0n) is 14.8. The number of hydrogen-bond donors (Lipinski definition) is 3. The Morgan fingerprint density at radius 1 is 1.29 bits per heavy atom. The molecular formula is C18H17F3N6O. The molecule has 2 unspecified atom stereocenters. The Morgan fingerprint density at radius 2 is 2.11 bits per heavy atom. The minimum Gasteiger partial charge on any atom is -0.361 e. The lowest BCUT2D eigenvalue weighted by Crippen LogP contribution is -2.30. The number of imidazole rings is 1. The molecular weight excluding hydrogens is 373 g/mol. The smallest absolute Gasteiger partial charge is 0.251 e. The fourth-order valence-electron chi connectivity index (χ4n) is 3.15. The fraction of sp³-hybridized carbons (Fsp3) is 0.278. The average Bonchev–Trinajstić information content (AvgIpc) is 3.29. The third kappa shape index (κ3) is 3.15. The van der Waals surface area contributed by atoms with Crippen molar-refractivity contribution < 1.29 is 18.0 Å². The highest BCUT2D eigenvalue weighted by atomic mass is 19.1. The molecule has 4 rings (SSSR count). The highest BCUT2D eigenvalue weighted by Gasteiger charge is 2.28. The minimum atomic E-state index is -1.20. The Bertz CT molecular complexity index is 1050. The quantitative estimate of drug-likeness (QED) is 0.632. The maximum absolute atomic E-state index is 14.5. The van der Waals surface area contributed by atoms with Gasteiger partial charge in [-0.25, -0.2) is 23.1 Å². The molecule has 7 nitrogen and oxygen atoms in total. The predicted molar refractivity (Wildman–Crippen MR) is 96.9 cm³/mol. The number of anilines is 1. The van der Waals surface area contributed by atoms with Gasteiger partial charge >= 0.3 is 0 Å². The number of nitrogens with one attached hydrogen (secondary N) is 3. The summed E-state index contributed by atoms with van der Waals surface area (Å²) < 4.78 is 44.0. The van der Waals surface area contributed by atoms with Crippen molar-refractivity contribution >= 4 is 17.4 Å². The predicted octanol–water partition coefficient (Wildman–Crippen LogP) is 1.76. The van der Waals surface area contributed by atoms with Crippen molar-refractivity contribution in [1.82, 2.24) is 25.0 Å². The van der Waals surface area contributed by atoms with Crippen LogP contribution in [0.15, 0.2) is 30.6 Å². The van der Waals surface area contributed by atoms with Crippen molar-refractivity contribution in [2.75, 3.05) is 25.5 Å². The third-order valence-electron chi connectivity index (χ3n) is 4.64. The number of carbonyl (C=O) groups excluding carboxylic acids is 1. The fourth-order valence-corrected chi connectivity index (χ4v) is 3.15. The molecule has 0 bridgehead atoms. The van der Waals surface area contributed by atoms with E-state index in [0.717, 1.165) is 0 Å². The van der Waals surface area contributed by atoms with Gasteiger partial charge in [-0.2, -0.15) is 0 Å². The summed E-state index contributed by atoms with van der Waals surface area (Å²) in [6.07, 6.45) is 1.73. The van der Waals surface area contributed by atoms with Crippen LogP contribution in [0.5, 0.6) is 0 Å². The topological polar surface area (TPSA) is 83.4 Å². The van der Waals surface area contributed by atoms with Gasteiger partial charge in [-0.15, -0.1) is 0 Å². The molecule has 10 heteroatoms. The number of hydrogen-bond acceptors (Lipinski definition) is 5. The summed E-state index contributed by atoms with van der Waals surface area (Å²) in [5, 5.41) is 8.06. The third-order valence-corrected chi connectivity index (χ3v) is 4.64. The molecule has 0 radical (unpaired) electrons. The molecule has 3 aromatic heterocycles. The van der Waals surface area contributed by atoms with E-state index in [2.05, 4.69) is 25.9 Å². The summed E-state index contributed by atoms with van der Waals surface area (Å²) in [5.74, 6) is -2.29. The number of aromatic nitrogens is 3. The maximum atomic E-state index is 14.5. The van der Waals surface area contributed by atoms with Crippen molar-refractivity contribution in [2.24, 2.45) is 0 Å². The van der Waals surface area contributed by atoms with E-state index >= 15 is 0 Å². The molecule has 28 heavy (non-hydrogen) atoms. The lowest BCUT2D eigenvalue weighted by molar-refractivity contribution is 0.0963. The van der Waals surface area contributed by atoms with Crippen LogP contribution >= 0.6 is 0 Å². The van der Waals surface area contributed by atoms with Gasteiger partial charge in [0.15, 0.2) is 17.5 Å². The molecule has 3 N–H and O–H groups in total. The van der Waals surface area contributed by atoms with Crippen LogP contribution in [0.25, 0.3) is 17.0 Å². The molecule has 1 fully saturated rings. The van der Waals surface area contributed by atoms with Crippen LogP contribution in [-0.2, 0) is 0 Å². The first-order valence-corrected chi connectivity index (χ1v) is 8.65. The van der Waals surface area contributed by atoms with Crippen molar-refractivity contribution in [2.45, 2.75) is 12.2 Å². The second-order valence-electron chi connectivity index (χ2n) is 6.44. The van der Waals surface area contributed by atoms with Crippen molar-refractivity contribution in [3.63, 3.8) is 0 Å². The van der Waals surface area contributed by atoms with E-state index in [1.54, 1.807) is 18.3 Å². The first-order valence-electron chi connectivity index (χ1n) is 8.65. The van der Waals surface area contributed by atoms with Gasteiger partial charge in [0.2, 0.25) is 0 Å². The number of carbonyl (C=O) groups is 1. The largest absolute Gasteiger partial charge is 0.361 e. The number of halogens is 3. The van der Waals surface area contributed by atoms with Crippen LogP contribution in [0.3, 0.4) is 0 Å². The van der Waals surface area contributed by atoms with Crippen molar-refractivity contribution in [3.8, 4) is 11.4 Å². The van der Waals surface area contributed by atoms with Gasteiger partial charge in [0, 0.05) is 38.0 Å². The van der Waals surface area contributed by atoms with Gasteiger partial charge in [0.25, 0.3) is 5.91 Å². The zero-order chi connectivity index (χ0) is 19.8. The zero-order valence-corrected chi connectivity index (χ0v) is 14.8. The highest BCUT2D eigenvalue weighted by Crippen LogP contribution is 2.27. The molecule has 1 amide bonds. The van der Waals surface area contributed by atoms with Crippen LogP contribution < -0.4 is 16.0 Å². The number of alkyl halides is 1. The van der Waals surface area contributed by atoms with E-state index < -0.39 is 23.8 Å². The van der Waals surface area contributed by atoms with E-state index in [1.165, 1.54) is 17.6 Å². The molecule has 1 saturated heterocycles. The summed E-state index contributed by atoms with van der Waals surface area (Å²) in [7, 11) is 1.51. The number of amides is 1. The van der Waals surface area contributed by atoms with Crippen molar-refractivity contribution in [1.29, 1.82) is 0 Å². The molecule has 0 aliphatic carbocycles. The minimum absolute atomic E-state index is 0.134. The molecule has 2 atom stereocenters. The molecule has 146 valence electrons. The SMILES string of the molecule is CNC(=O)c1ccn2c(-c3nc(NC4CNCC4F)c(F)cc3F)cnc2c1. The lowest BCUT2D eigenvalue weighted by atomic mass is 10.2. The Labute approximate surface area is 158 Å². The van der Waals surface area contributed by atoms with E-state index in [9.17, 15) is 18.0 Å². The summed E-state index contributed by atoms with van der Waals surface area (Å²) in [6.45, 7) is 0.473. The Hall–Kier alpha value is -3.14. The molecule has 1 aliphatic heterocycles. The number of pyridine rings is 2. The monoisotopic (exact) mass is 390 g/mol. The van der Waals surface area contributed by atoms with Gasteiger partial charge < -0.3 is 16.0 Å². The first kappa shape index (κ1) is 18.2. The number of rotatable bonds is 4. The summed E-state index contributed by atoms with van der Waals surface area (Å²) in [5.41, 5.74) is 0.940. The Kier molecular flexibility index (Phi) is 4.63. The summed E-state index contributed by atoms with van der Waals surface area (Å²) in [6, 6.07) is 3.15. The summed E-state index contributed by atoms with van der Waals surface area (Å²) in [4.78, 5) is 20.0. The van der Waals surface area contributed by atoms with Crippen LogP contribution in [0.2, 0.25) is 0 Å². The second-order valence-corrected chi connectivity index (χ2v) is 6.44. The van der Waals surface area contributed by atoms with Crippen LogP contribution in [-0.4, -0.2) is 52.6 Å². The standard InChI is InChI=1S/C18H17F3N6O/c1-22-18(28)9-2-3-27-14(8-24-15(27)4-9)16-10(19)5-11(20)17(26-16)25-13-7-23-6-12(13)21/h2-5,8,12-13,23H,6-7H2,1H3,(H,22,28)(H,25,26). The molecule has 4 heterocycles. The van der Waals surface area contributed by atoms with E-state index in [1.807, 2.05) is 0 Å². The molecule has 0 spiro atoms. The Morgan fingerprint density at radius 3 is 2.82 bits per heavy atom. The Balaban J connectivity index is 1.74. The molecule has 3 aromatic rings. The van der Waals surface area contributed by atoms with Gasteiger partial charge in [-0.3, -0.25) is 9.20 Å². The molecule has 0 aromatic carbocycles. The maximum Gasteiger partial charge on any atom is 0.251 e. The molecule has 0 saturated carbocycles. The van der Waals surface area contributed by atoms with Gasteiger partial charge in [-0.05, 0) is 12.1 Å². The normalized spacial score (nSPS) is 19.1. The van der Waals surface area contributed by atoms with Gasteiger partial charge in [0.1, 0.15) is 17.5 Å². The van der Waals surface area contributed by atoms with Crippen molar-refractivity contribution in [3.05, 3.63) is 47.8 Å². The van der Waals surface area contributed by atoms with E-state index in [4.69, 9.17) is 0 Å². The average molecular weight is 390 g/mol. The van der Waals surface area contributed by atoms with Crippen LogP contribution in [0.4, 0.5) is 19.0 Å². The first-order chi connectivity index (χ1) is 13.5. The van der Waals surface area contributed by atoms with E-state index in [0.29, 0.717) is 23.8 Å². The second kappa shape index (κ2) is 7.12. The van der Waals surface area contributed by atoms with Crippen LogP contribution in [0.1, 0.15) is 10.4 Å². The number of nitrogens with zero attached hydrogens (tertiary/aromatic N) is 3. The summed E-state index contributed by atoms with van der Waals surface area (Å²) >= 11 is 0. The van der Waals surface area contributed by atoms with Crippen LogP contribution in [0, 0.1) is 11.6 Å². The molecule has 1 aliphatic rings. The number of fused-ring (bicyclic) bond motifs is 1. The van der Waals surface area contributed by atoms with E-state index in [-0.39, 0.29) is 29.7 Å². The van der Waals surface area contributed by atoms with Gasteiger partial charge in [0.05, 0.1) is 17.9 Å².